The van der Waals surface area contributed by atoms with Crippen LogP contribution in [0.15, 0.2) is 12.2 Å². The van der Waals surface area contributed by atoms with E-state index in [0.29, 0.717) is 13.0 Å². The van der Waals surface area contributed by atoms with Crippen molar-refractivity contribution in [2.75, 3.05) is 13.2 Å². The van der Waals surface area contributed by atoms with Crippen molar-refractivity contribution < 1.29 is 14.6 Å². The van der Waals surface area contributed by atoms with E-state index in [1.54, 1.807) is 0 Å². The Kier molecular flexibility index (Phi) is 12.6. The zero-order valence-corrected chi connectivity index (χ0v) is 11.0. The van der Waals surface area contributed by atoms with Gasteiger partial charge in [-0.1, -0.05) is 31.4 Å². The first-order valence-corrected chi connectivity index (χ1v) is 6.72. The molecule has 0 aromatic carbocycles. The molecule has 3 nitrogen and oxygen atoms in total. The van der Waals surface area contributed by atoms with E-state index in [4.69, 9.17) is 9.84 Å². The Morgan fingerprint density at radius 1 is 1.06 bits per heavy atom. The van der Waals surface area contributed by atoms with Gasteiger partial charge in [0.1, 0.15) is 0 Å². The Labute approximate surface area is 105 Å². The van der Waals surface area contributed by atoms with Crippen LogP contribution in [-0.4, -0.2) is 24.3 Å². The summed E-state index contributed by atoms with van der Waals surface area (Å²) in [6, 6.07) is 0. The van der Waals surface area contributed by atoms with Gasteiger partial charge in [-0.15, -0.1) is 0 Å². The van der Waals surface area contributed by atoms with E-state index >= 15 is 0 Å². The van der Waals surface area contributed by atoms with Crippen LogP contribution < -0.4 is 0 Å². The van der Waals surface area contributed by atoms with Gasteiger partial charge in [-0.05, 0) is 32.6 Å². The van der Waals surface area contributed by atoms with Crippen molar-refractivity contribution in [2.24, 2.45) is 0 Å². The van der Waals surface area contributed by atoms with Gasteiger partial charge in [0.15, 0.2) is 0 Å². The first-order valence-electron chi connectivity index (χ1n) is 6.72. The second-order valence-corrected chi connectivity index (χ2v) is 4.10. The number of carbonyl (C=O) groups excluding carboxylic acids is 1. The van der Waals surface area contributed by atoms with Gasteiger partial charge in [-0.2, -0.15) is 0 Å². The van der Waals surface area contributed by atoms with E-state index in [1.807, 2.05) is 13.0 Å². The Hall–Kier alpha value is -0.830. The van der Waals surface area contributed by atoms with Gasteiger partial charge in [-0.25, -0.2) is 0 Å². The molecule has 0 radical (unpaired) electrons. The van der Waals surface area contributed by atoms with E-state index in [1.165, 1.54) is 19.3 Å². The van der Waals surface area contributed by atoms with Crippen LogP contribution in [0.25, 0.3) is 0 Å². The Bertz CT molecular complexity index is 200. The van der Waals surface area contributed by atoms with Gasteiger partial charge < -0.3 is 9.84 Å². The summed E-state index contributed by atoms with van der Waals surface area (Å²) < 4.78 is 4.86. The summed E-state index contributed by atoms with van der Waals surface area (Å²) in [6.07, 6.45) is 12.2. The van der Waals surface area contributed by atoms with Crippen LogP contribution in [0, 0.1) is 0 Å². The van der Waals surface area contributed by atoms with E-state index in [-0.39, 0.29) is 12.6 Å². The van der Waals surface area contributed by atoms with Gasteiger partial charge in [0, 0.05) is 13.0 Å². The van der Waals surface area contributed by atoms with Crippen LogP contribution >= 0.6 is 0 Å². The summed E-state index contributed by atoms with van der Waals surface area (Å²) in [5.41, 5.74) is 0. The summed E-state index contributed by atoms with van der Waals surface area (Å²) >= 11 is 0. The van der Waals surface area contributed by atoms with Crippen molar-refractivity contribution in [2.45, 2.75) is 58.3 Å². The minimum Gasteiger partial charge on any atom is -0.466 e. The Morgan fingerprint density at radius 2 is 1.71 bits per heavy atom. The van der Waals surface area contributed by atoms with Crippen LogP contribution in [0.4, 0.5) is 0 Å². The topological polar surface area (TPSA) is 46.5 Å². The number of aliphatic hydroxyl groups excluding tert-OH is 1. The van der Waals surface area contributed by atoms with E-state index in [9.17, 15) is 4.79 Å². The molecule has 0 fully saturated rings. The molecule has 0 bridgehead atoms. The lowest BCUT2D eigenvalue weighted by molar-refractivity contribution is -0.143. The van der Waals surface area contributed by atoms with Crippen LogP contribution in [0.2, 0.25) is 0 Å². The maximum absolute atomic E-state index is 11.0. The van der Waals surface area contributed by atoms with E-state index in [0.717, 1.165) is 25.7 Å². The molecule has 100 valence electrons. The molecule has 0 saturated heterocycles. The average molecular weight is 242 g/mol. The van der Waals surface area contributed by atoms with Crippen molar-refractivity contribution >= 4 is 5.97 Å². The van der Waals surface area contributed by atoms with E-state index < -0.39 is 0 Å². The molecule has 0 heterocycles. The molecule has 0 spiro atoms. The molecule has 0 aromatic heterocycles. The molecule has 1 N–H and O–H groups in total. The van der Waals surface area contributed by atoms with Gasteiger partial charge in [0.25, 0.3) is 0 Å². The first-order chi connectivity index (χ1) is 8.31. The average Bonchev–Trinajstić information content (AvgIpc) is 2.32. The van der Waals surface area contributed by atoms with Gasteiger partial charge in [-0.3, -0.25) is 4.79 Å². The van der Waals surface area contributed by atoms with Gasteiger partial charge in [0.2, 0.25) is 0 Å². The fraction of sp³-hybridized carbons (Fsp3) is 0.786. The largest absolute Gasteiger partial charge is 0.466 e. The molecule has 0 saturated carbocycles. The molecular formula is C14H26O3. The molecule has 0 aromatic rings. The van der Waals surface area contributed by atoms with Crippen LogP contribution in [-0.2, 0) is 9.53 Å². The third-order valence-corrected chi connectivity index (χ3v) is 2.52. The Morgan fingerprint density at radius 3 is 2.41 bits per heavy atom. The molecule has 0 aliphatic heterocycles. The number of hydrogen-bond donors (Lipinski definition) is 1. The lowest BCUT2D eigenvalue weighted by Gasteiger charge is -2.01. The molecule has 0 amide bonds. The fourth-order valence-corrected chi connectivity index (χ4v) is 1.61. The number of hydrogen-bond acceptors (Lipinski definition) is 3. The Balaban J connectivity index is 3.11. The third-order valence-electron chi connectivity index (χ3n) is 2.52. The summed E-state index contributed by atoms with van der Waals surface area (Å²) in [7, 11) is 0. The molecule has 17 heavy (non-hydrogen) atoms. The number of aliphatic hydroxyl groups is 1. The highest BCUT2D eigenvalue weighted by atomic mass is 16.5. The highest BCUT2D eigenvalue weighted by Gasteiger charge is 2.00. The zero-order valence-electron chi connectivity index (χ0n) is 11.0. The number of rotatable bonds is 11. The SMILES string of the molecule is CCOC(=O)CCCCCCC/C=C\CCO. The summed E-state index contributed by atoms with van der Waals surface area (Å²) in [6.45, 7) is 2.56. The second-order valence-electron chi connectivity index (χ2n) is 4.10. The lowest BCUT2D eigenvalue weighted by Crippen LogP contribution is -2.03. The number of carbonyl (C=O) groups is 1. The third kappa shape index (κ3) is 13.1. The number of ether oxygens (including phenoxy) is 1. The summed E-state index contributed by atoms with van der Waals surface area (Å²) in [5.74, 6) is -0.0700. The predicted molar refractivity (Wildman–Crippen MR) is 69.8 cm³/mol. The second kappa shape index (κ2) is 13.2. The van der Waals surface area contributed by atoms with E-state index in [2.05, 4.69) is 6.08 Å². The van der Waals surface area contributed by atoms with Crippen molar-refractivity contribution in [1.29, 1.82) is 0 Å². The quantitative estimate of drug-likeness (QED) is 0.344. The lowest BCUT2D eigenvalue weighted by atomic mass is 10.1. The molecule has 0 rings (SSSR count). The standard InChI is InChI=1S/C14H26O3/c1-2-17-14(16)12-10-8-6-4-3-5-7-9-11-13-15/h7,9,15H,2-6,8,10-13H2,1H3/b9-7-. The monoisotopic (exact) mass is 242 g/mol. The van der Waals surface area contributed by atoms with Gasteiger partial charge in [0.05, 0.1) is 6.61 Å². The van der Waals surface area contributed by atoms with Crippen molar-refractivity contribution in [3.8, 4) is 0 Å². The van der Waals surface area contributed by atoms with Crippen LogP contribution in [0.1, 0.15) is 58.3 Å². The van der Waals surface area contributed by atoms with Crippen LogP contribution in [0.5, 0.6) is 0 Å². The smallest absolute Gasteiger partial charge is 0.305 e. The highest BCUT2D eigenvalue weighted by Crippen LogP contribution is 2.08. The minimum atomic E-state index is -0.0700. The number of esters is 1. The molecule has 0 aliphatic carbocycles. The first kappa shape index (κ1) is 16.2. The highest BCUT2D eigenvalue weighted by molar-refractivity contribution is 5.69. The fourth-order valence-electron chi connectivity index (χ4n) is 1.61. The van der Waals surface area contributed by atoms with Gasteiger partial charge >= 0.3 is 5.97 Å². The maximum Gasteiger partial charge on any atom is 0.305 e. The zero-order chi connectivity index (χ0) is 12.8. The number of allylic oxidation sites excluding steroid dienone is 1. The van der Waals surface area contributed by atoms with Crippen LogP contribution in [0.3, 0.4) is 0 Å². The van der Waals surface area contributed by atoms with Crippen molar-refractivity contribution in [3.05, 3.63) is 12.2 Å². The summed E-state index contributed by atoms with van der Waals surface area (Å²) in [4.78, 5) is 11.0. The molecular weight excluding hydrogens is 216 g/mol. The molecule has 0 atom stereocenters. The number of unbranched alkanes of at least 4 members (excludes halogenated alkanes) is 5. The predicted octanol–water partition coefficient (Wildman–Crippen LogP) is 3.22. The van der Waals surface area contributed by atoms with Crippen molar-refractivity contribution in [3.63, 3.8) is 0 Å². The summed E-state index contributed by atoms with van der Waals surface area (Å²) in [5, 5.41) is 8.56. The maximum atomic E-state index is 11.0. The normalized spacial score (nSPS) is 10.9. The molecule has 0 unspecified atom stereocenters. The minimum absolute atomic E-state index is 0.0700. The van der Waals surface area contributed by atoms with Crippen molar-refractivity contribution in [1.82, 2.24) is 0 Å². The molecule has 3 heteroatoms. The molecule has 0 aliphatic rings.